The zero-order valence-corrected chi connectivity index (χ0v) is 14.7. The first-order valence-corrected chi connectivity index (χ1v) is 9.11. The summed E-state index contributed by atoms with van der Waals surface area (Å²) in [7, 11) is 0. The van der Waals surface area contributed by atoms with E-state index in [1.807, 2.05) is 42.5 Å². The topological polar surface area (TPSA) is 18.5 Å². The summed E-state index contributed by atoms with van der Waals surface area (Å²) in [5, 5.41) is 0.771. The van der Waals surface area contributed by atoms with E-state index in [-0.39, 0.29) is 0 Å². The Hall–Kier alpha value is -2.10. The van der Waals surface area contributed by atoms with E-state index < -0.39 is 5.60 Å². The van der Waals surface area contributed by atoms with E-state index in [0.717, 1.165) is 33.5 Å². The van der Waals surface area contributed by atoms with Gasteiger partial charge in [0.25, 0.3) is 0 Å². The van der Waals surface area contributed by atoms with Crippen LogP contribution in [-0.2, 0) is 10.3 Å². The van der Waals surface area contributed by atoms with Crippen LogP contribution in [0.1, 0.15) is 16.7 Å². The van der Waals surface area contributed by atoms with Gasteiger partial charge in [-0.2, -0.15) is 0 Å². The molecule has 0 aliphatic carbocycles. The largest absolute Gasteiger partial charge is 0.457 e. The van der Waals surface area contributed by atoms with Gasteiger partial charge in [0.1, 0.15) is 11.5 Å². The molecule has 3 aromatic carbocycles. The zero-order chi connectivity index (χ0) is 16.4. The number of benzene rings is 3. The second-order valence-electron chi connectivity index (χ2n) is 5.68. The minimum absolute atomic E-state index is 0.595. The molecule has 0 amide bonds. The van der Waals surface area contributed by atoms with Crippen molar-refractivity contribution in [2.75, 3.05) is 11.9 Å². The highest BCUT2D eigenvalue weighted by molar-refractivity contribution is 9.09. The Morgan fingerprint density at radius 1 is 0.750 bits per heavy atom. The monoisotopic (exact) mass is 380 g/mol. The first-order valence-electron chi connectivity index (χ1n) is 7.98. The molecule has 0 atom stereocenters. The van der Waals surface area contributed by atoms with Gasteiger partial charge in [0.05, 0.1) is 6.61 Å². The second-order valence-corrected chi connectivity index (χ2v) is 6.47. The molecule has 0 fully saturated rings. The molecule has 4 rings (SSSR count). The summed E-state index contributed by atoms with van der Waals surface area (Å²) < 4.78 is 12.7. The summed E-state index contributed by atoms with van der Waals surface area (Å²) in [6, 6.07) is 26.6. The molecule has 1 aliphatic heterocycles. The lowest BCUT2D eigenvalue weighted by atomic mass is 9.78. The van der Waals surface area contributed by atoms with Crippen molar-refractivity contribution in [1.29, 1.82) is 0 Å². The van der Waals surface area contributed by atoms with E-state index in [0.29, 0.717) is 6.61 Å². The van der Waals surface area contributed by atoms with Crippen molar-refractivity contribution in [2.45, 2.75) is 5.60 Å². The summed E-state index contributed by atoms with van der Waals surface area (Å²) in [5.41, 5.74) is 2.52. The Morgan fingerprint density at radius 3 is 1.88 bits per heavy atom. The maximum absolute atomic E-state index is 6.53. The first kappa shape index (κ1) is 15.4. The summed E-state index contributed by atoms with van der Waals surface area (Å²) in [5.74, 6) is 1.68. The Morgan fingerprint density at radius 2 is 1.29 bits per heavy atom. The number of ether oxygens (including phenoxy) is 2. The fraction of sp³-hybridized carbons (Fsp3) is 0.143. The highest BCUT2D eigenvalue weighted by Gasteiger charge is 2.44. The molecular weight excluding hydrogens is 364 g/mol. The van der Waals surface area contributed by atoms with E-state index in [1.54, 1.807) is 0 Å². The molecule has 0 bridgehead atoms. The fourth-order valence-corrected chi connectivity index (χ4v) is 3.53. The van der Waals surface area contributed by atoms with Crippen LogP contribution in [0.25, 0.3) is 0 Å². The van der Waals surface area contributed by atoms with Crippen molar-refractivity contribution in [1.82, 2.24) is 0 Å². The van der Waals surface area contributed by atoms with Crippen molar-refractivity contribution in [3.63, 3.8) is 0 Å². The lowest BCUT2D eigenvalue weighted by Crippen LogP contribution is -2.36. The van der Waals surface area contributed by atoms with Gasteiger partial charge in [0, 0.05) is 16.5 Å². The van der Waals surface area contributed by atoms with Crippen molar-refractivity contribution in [3.8, 4) is 11.5 Å². The van der Waals surface area contributed by atoms with Gasteiger partial charge < -0.3 is 9.47 Å². The predicted octanol–water partition coefficient (Wildman–Crippen LogP) is 5.50. The lowest BCUT2D eigenvalue weighted by molar-refractivity contribution is 0.0168. The van der Waals surface area contributed by atoms with Gasteiger partial charge in [-0.25, -0.2) is 0 Å². The van der Waals surface area contributed by atoms with Crippen LogP contribution in [0.2, 0.25) is 0 Å². The van der Waals surface area contributed by atoms with Crippen LogP contribution in [-0.4, -0.2) is 11.9 Å². The van der Waals surface area contributed by atoms with Crippen LogP contribution in [0.15, 0.2) is 78.9 Å². The fourth-order valence-electron chi connectivity index (χ4n) is 3.37. The van der Waals surface area contributed by atoms with Gasteiger partial charge in [-0.15, -0.1) is 0 Å². The van der Waals surface area contributed by atoms with Crippen LogP contribution in [0.3, 0.4) is 0 Å². The SMILES string of the molecule is BrCCOC1(c2ccccc2)c2ccccc2Oc2ccccc21. The number of fused-ring (bicyclic) bond motifs is 2. The Bertz CT molecular complexity index is 800. The number of rotatable bonds is 4. The molecule has 0 radical (unpaired) electrons. The molecule has 0 aromatic heterocycles. The molecule has 2 nitrogen and oxygen atoms in total. The van der Waals surface area contributed by atoms with Gasteiger partial charge in [-0.05, 0) is 17.7 Å². The summed E-state index contributed by atoms with van der Waals surface area (Å²) in [6.45, 7) is 0.595. The highest BCUT2D eigenvalue weighted by atomic mass is 79.9. The molecule has 1 heterocycles. The molecule has 0 N–H and O–H groups in total. The molecular formula is C21H17BrO2. The number of halogens is 1. The van der Waals surface area contributed by atoms with Gasteiger partial charge in [-0.3, -0.25) is 0 Å². The Balaban J connectivity index is 2.04. The molecule has 3 aromatic rings. The third-order valence-corrected chi connectivity index (χ3v) is 4.65. The smallest absolute Gasteiger partial charge is 0.150 e. The Labute approximate surface area is 150 Å². The standard InChI is InChI=1S/C21H17BrO2/c22-14-15-23-21(16-8-2-1-3-9-16)17-10-4-6-12-19(17)24-20-13-7-5-11-18(20)21/h1-13H,14-15H2. The van der Waals surface area contributed by atoms with Crippen molar-refractivity contribution in [3.05, 3.63) is 95.6 Å². The summed E-state index contributed by atoms with van der Waals surface area (Å²) in [4.78, 5) is 0. The maximum atomic E-state index is 6.53. The van der Waals surface area contributed by atoms with Gasteiger partial charge >= 0.3 is 0 Å². The molecule has 1 aliphatic rings. The van der Waals surface area contributed by atoms with Gasteiger partial charge in [0.15, 0.2) is 5.60 Å². The highest BCUT2D eigenvalue weighted by Crippen LogP contribution is 2.52. The van der Waals surface area contributed by atoms with Gasteiger partial charge in [0.2, 0.25) is 0 Å². The van der Waals surface area contributed by atoms with E-state index in [2.05, 4.69) is 52.3 Å². The molecule has 120 valence electrons. The van der Waals surface area contributed by atoms with Crippen LogP contribution in [0, 0.1) is 0 Å². The first-order chi connectivity index (χ1) is 11.9. The van der Waals surface area contributed by atoms with Gasteiger partial charge in [-0.1, -0.05) is 82.7 Å². The van der Waals surface area contributed by atoms with Crippen LogP contribution < -0.4 is 4.74 Å². The minimum atomic E-state index is -0.666. The van der Waals surface area contributed by atoms with Crippen molar-refractivity contribution >= 4 is 15.9 Å². The predicted molar refractivity (Wildman–Crippen MR) is 99.0 cm³/mol. The molecule has 24 heavy (non-hydrogen) atoms. The third-order valence-electron chi connectivity index (χ3n) is 4.33. The average molecular weight is 381 g/mol. The molecule has 0 spiro atoms. The summed E-state index contributed by atoms with van der Waals surface area (Å²) in [6.07, 6.45) is 0. The molecule has 0 saturated carbocycles. The Kier molecular flexibility index (Phi) is 4.13. The quantitative estimate of drug-likeness (QED) is 0.556. The van der Waals surface area contributed by atoms with Crippen molar-refractivity contribution in [2.24, 2.45) is 0 Å². The number of alkyl halides is 1. The number of hydrogen-bond donors (Lipinski definition) is 0. The van der Waals surface area contributed by atoms with E-state index in [4.69, 9.17) is 9.47 Å². The maximum Gasteiger partial charge on any atom is 0.150 e. The van der Waals surface area contributed by atoms with E-state index >= 15 is 0 Å². The minimum Gasteiger partial charge on any atom is -0.457 e. The third kappa shape index (κ3) is 2.36. The lowest BCUT2D eigenvalue weighted by Gasteiger charge is -2.40. The molecule has 0 unspecified atom stereocenters. The number of para-hydroxylation sites is 2. The number of hydrogen-bond acceptors (Lipinski definition) is 2. The van der Waals surface area contributed by atoms with E-state index in [1.165, 1.54) is 0 Å². The van der Waals surface area contributed by atoms with Crippen LogP contribution in [0.5, 0.6) is 11.5 Å². The van der Waals surface area contributed by atoms with E-state index in [9.17, 15) is 0 Å². The van der Waals surface area contributed by atoms with Crippen molar-refractivity contribution < 1.29 is 9.47 Å². The van der Waals surface area contributed by atoms with Crippen LogP contribution >= 0.6 is 15.9 Å². The molecule has 0 saturated heterocycles. The zero-order valence-electron chi connectivity index (χ0n) is 13.1. The second kappa shape index (κ2) is 6.42. The normalized spacial score (nSPS) is 14.4. The summed E-state index contributed by atoms with van der Waals surface area (Å²) >= 11 is 3.50. The molecule has 3 heteroatoms. The average Bonchev–Trinajstić information content (AvgIpc) is 2.66. The van der Waals surface area contributed by atoms with Crippen LogP contribution in [0.4, 0.5) is 0 Å².